The van der Waals surface area contributed by atoms with Crippen LogP contribution in [0.1, 0.15) is 19.4 Å². The quantitative estimate of drug-likeness (QED) is 0.348. The second-order valence-electron chi connectivity index (χ2n) is 7.20. The van der Waals surface area contributed by atoms with Crippen LogP contribution in [-0.2, 0) is 4.74 Å². The average Bonchev–Trinajstić information content (AvgIpc) is 3.34. The van der Waals surface area contributed by atoms with Crippen molar-refractivity contribution in [2.24, 2.45) is 0 Å². The highest BCUT2D eigenvalue weighted by Crippen LogP contribution is 2.39. The van der Waals surface area contributed by atoms with Gasteiger partial charge in [0.25, 0.3) is 0 Å². The Bertz CT molecular complexity index is 1270. The number of hydrogen-bond donors (Lipinski definition) is 1. The number of nitriles is 1. The lowest BCUT2D eigenvalue weighted by molar-refractivity contribution is 0.122. The molecule has 0 saturated carbocycles. The zero-order valence-electron chi connectivity index (χ0n) is 18.2. The van der Waals surface area contributed by atoms with Crippen molar-refractivity contribution >= 4 is 40.4 Å². The summed E-state index contributed by atoms with van der Waals surface area (Å²) in [5.41, 5.74) is 3.82. The van der Waals surface area contributed by atoms with Gasteiger partial charge in [-0.1, -0.05) is 32.0 Å². The van der Waals surface area contributed by atoms with E-state index >= 15 is 0 Å². The summed E-state index contributed by atoms with van der Waals surface area (Å²) in [7, 11) is 0. The second-order valence-corrected chi connectivity index (χ2v) is 8.77. The molecule has 0 aliphatic carbocycles. The van der Waals surface area contributed by atoms with E-state index in [0.717, 1.165) is 46.5 Å². The maximum atomic E-state index is 9.43. The third kappa shape index (κ3) is 4.51. The van der Waals surface area contributed by atoms with Gasteiger partial charge in [0.15, 0.2) is 0 Å². The van der Waals surface area contributed by atoms with E-state index < -0.39 is 0 Å². The highest BCUT2D eigenvalue weighted by Gasteiger charge is 2.14. The molecule has 0 atom stereocenters. The van der Waals surface area contributed by atoms with E-state index in [1.54, 1.807) is 23.7 Å². The fraction of sp³-hybridized carbons (Fsp3) is 0.231. The van der Waals surface area contributed by atoms with E-state index in [1.165, 1.54) is 22.0 Å². The molecule has 4 nitrogen and oxygen atoms in total. The molecule has 1 saturated heterocycles. The molecule has 0 amide bonds. The smallest absolute Gasteiger partial charge is 0.101 e. The Morgan fingerprint density at radius 2 is 1.69 bits per heavy atom. The lowest BCUT2D eigenvalue weighted by Gasteiger charge is -2.29. The fourth-order valence-electron chi connectivity index (χ4n) is 3.83. The van der Waals surface area contributed by atoms with Gasteiger partial charge in [0.1, 0.15) is 6.07 Å². The van der Waals surface area contributed by atoms with Crippen molar-refractivity contribution in [2.75, 3.05) is 31.2 Å². The first-order valence-corrected chi connectivity index (χ1v) is 12.0. The second kappa shape index (κ2) is 10.2. The molecule has 3 heterocycles. The molecule has 2 aromatic heterocycles. The SMILES string of the molecule is CC.N#Cc1cncc(S)c1-c1ccc(-c2ccc3cc(N4CCOCC4)ccc3c2)s1. The highest BCUT2D eigenvalue weighted by atomic mass is 32.1. The van der Waals surface area contributed by atoms with Crippen molar-refractivity contribution in [1.82, 2.24) is 4.98 Å². The summed E-state index contributed by atoms with van der Waals surface area (Å²) in [6, 6.07) is 19.6. The van der Waals surface area contributed by atoms with E-state index in [2.05, 4.69) is 77.1 Å². The number of pyridine rings is 1. The molecular weight excluding hydrogens is 434 g/mol. The van der Waals surface area contributed by atoms with Gasteiger partial charge < -0.3 is 9.64 Å². The number of thiophene rings is 1. The van der Waals surface area contributed by atoms with Crippen LogP contribution in [0, 0.1) is 11.3 Å². The van der Waals surface area contributed by atoms with Gasteiger partial charge >= 0.3 is 0 Å². The van der Waals surface area contributed by atoms with Gasteiger partial charge in [-0.05, 0) is 46.7 Å². The number of anilines is 1. The average molecular weight is 460 g/mol. The molecular formula is C26H25N3OS2. The summed E-state index contributed by atoms with van der Waals surface area (Å²) in [4.78, 5) is 9.36. The predicted octanol–water partition coefficient (Wildman–Crippen LogP) is 6.65. The van der Waals surface area contributed by atoms with Crippen LogP contribution < -0.4 is 4.90 Å². The number of benzene rings is 2. The number of morpholine rings is 1. The Balaban J connectivity index is 0.00000119. The van der Waals surface area contributed by atoms with Crippen molar-refractivity contribution in [3.05, 3.63) is 66.5 Å². The molecule has 1 fully saturated rings. The normalized spacial score (nSPS) is 13.4. The molecule has 0 unspecified atom stereocenters. The first-order valence-electron chi connectivity index (χ1n) is 10.8. The van der Waals surface area contributed by atoms with Crippen molar-refractivity contribution < 1.29 is 4.74 Å². The Hall–Kier alpha value is -2.85. The largest absolute Gasteiger partial charge is 0.378 e. The standard InChI is InChI=1S/C24H19N3OS2.C2H6/c25-13-19-14-26-15-21(29)24(19)23-6-5-22(30-23)18-2-1-17-12-20(4-3-16(17)11-18)27-7-9-28-10-8-27;1-2/h1-6,11-12,14-15,29H,7-10H2;1-2H3. The van der Waals surface area contributed by atoms with Crippen molar-refractivity contribution in [3.8, 4) is 27.0 Å². The predicted molar refractivity (Wildman–Crippen MR) is 137 cm³/mol. The number of aromatic nitrogens is 1. The van der Waals surface area contributed by atoms with Gasteiger partial charge in [-0.15, -0.1) is 24.0 Å². The minimum Gasteiger partial charge on any atom is -0.378 e. The van der Waals surface area contributed by atoms with E-state index in [1.807, 2.05) is 13.8 Å². The first-order chi connectivity index (χ1) is 15.7. The summed E-state index contributed by atoms with van der Waals surface area (Å²) < 4.78 is 5.46. The van der Waals surface area contributed by atoms with Crippen molar-refractivity contribution in [2.45, 2.75) is 18.7 Å². The number of ether oxygens (including phenoxy) is 1. The van der Waals surface area contributed by atoms with Crippen LogP contribution >= 0.6 is 24.0 Å². The van der Waals surface area contributed by atoms with Gasteiger partial charge in [0, 0.05) is 51.4 Å². The number of rotatable bonds is 3. The van der Waals surface area contributed by atoms with E-state index in [4.69, 9.17) is 4.74 Å². The van der Waals surface area contributed by atoms with Gasteiger partial charge in [0.2, 0.25) is 0 Å². The lowest BCUT2D eigenvalue weighted by atomic mass is 10.0. The fourth-order valence-corrected chi connectivity index (χ4v) is 5.28. The molecule has 5 rings (SSSR count). The van der Waals surface area contributed by atoms with Gasteiger partial charge in [0.05, 0.1) is 18.8 Å². The molecule has 0 N–H and O–H groups in total. The summed E-state index contributed by atoms with van der Waals surface area (Å²) in [5, 5.41) is 11.9. The molecule has 0 spiro atoms. The summed E-state index contributed by atoms with van der Waals surface area (Å²) in [6.07, 6.45) is 3.28. The summed E-state index contributed by atoms with van der Waals surface area (Å²) in [5.74, 6) is 0. The monoisotopic (exact) mass is 459 g/mol. The molecule has 1 aliphatic heterocycles. The maximum Gasteiger partial charge on any atom is 0.101 e. The van der Waals surface area contributed by atoms with Crippen LogP contribution in [0.15, 0.2) is 65.8 Å². The molecule has 0 radical (unpaired) electrons. The molecule has 2 aromatic carbocycles. The van der Waals surface area contributed by atoms with Crippen LogP contribution in [0.4, 0.5) is 5.69 Å². The zero-order valence-corrected chi connectivity index (χ0v) is 19.9. The minimum absolute atomic E-state index is 0.546. The van der Waals surface area contributed by atoms with Crippen LogP contribution in [-0.4, -0.2) is 31.3 Å². The Morgan fingerprint density at radius 3 is 2.47 bits per heavy atom. The maximum absolute atomic E-state index is 9.43. The van der Waals surface area contributed by atoms with Gasteiger partial charge in [-0.2, -0.15) is 5.26 Å². The number of fused-ring (bicyclic) bond motifs is 1. The molecule has 32 heavy (non-hydrogen) atoms. The number of nitrogens with zero attached hydrogens (tertiary/aromatic N) is 3. The van der Waals surface area contributed by atoms with Crippen LogP contribution in [0.2, 0.25) is 0 Å². The first kappa shape index (κ1) is 22.3. The van der Waals surface area contributed by atoms with E-state index in [9.17, 15) is 5.26 Å². The lowest BCUT2D eigenvalue weighted by Crippen LogP contribution is -2.36. The van der Waals surface area contributed by atoms with Gasteiger partial charge in [-0.3, -0.25) is 4.98 Å². The Morgan fingerprint density at radius 1 is 0.969 bits per heavy atom. The van der Waals surface area contributed by atoms with E-state index in [0.29, 0.717) is 5.56 Å². The molecule has 0 bridgehead atoms. The van der Waals surface area contributed by atoms with Crippen LogP contribution in [0.3, 0.4) is 0 Å². The van der Waals surface area contributed by atoms with Crippen LogP contribution in [0.5, 0.6) is 0 Å². The van der Waals surface area contributed by atoms with E-state index in [-0.39, 0.29) is 0 Å². The van der Waals surface area contributed by atoms with Crippen LogP contribution in [0.25, 0.3) is 31.7 Å². The summed E-state index contributed by atoms with van der Waals surface area (Å²) in [6.45, 7) is 7.45. The van der Waals surface area contributed by atoms with Crippen molar-refractivity contribution in [1.29, 1.82) is 5.26 Å². The summed E-state index contributed by atoms with van der Waals surface area (Å²) >= 11 is 6.18. The zero-order chi connectivity index (χ0) is 22.5. The molecule has 4 aromatic rings. The Labute approximate surface area is 198 Å². The topological polar surface area (TPSA) is 49.2 Å². The highest BCUT2D eigenvalue weighted by molar-refractivity contribution is 7.80. The Kier molecular flexibility index (Phi) is 7.11. The van der Waals surface area contributed by atoms with Gasteiger partial charge in [-0.25, -0.2) is 0 Å². The third-order valence-corrected chi connectivity index (χ3v) is 6.87. The number of thiol groups is 1. The third-order valence-electron chi connectivity index (χ3n) is 5.38. The number of hydrogen-bond acceptors (Lipinski definition) is 6. The molecule has 1 aliphatic rings. The molecule has 6 heteroatoms. The molecule has 162 valence electrons. The minimum atomic E-state index is 0.546. The van der Waals surface area contributed by atoms with Crippen molar-refractivity contribution in [3.63, 3.8) is 0 Å².